The number of rotatable bonds is 33. The second-order valence-corrected chi connectivity index (χ2v) is 30.7. The average molecular weight is 1880 g/mol. The second kappa shape index (κ2) is 46.5. The van der Waals surface area contributed by atoms with Crippen LogP contribution in [0.2, 0.25) is 0 Å². The summed E-state index contributed by atoms with van der Waals surface area (Å²) < 4.78 is 121. The van der Waals surface area contributed by atoms with E-state index >= 15 is 4.39 Å². The van der Waals surface area contributed by atoms with Gasteiger partial charge in [-0.25, -0.2) is 22.0 Å². The molecule has 3 aliphatic heterocycles. The van der Waals surface area contributed by atoms with Crippen LogP contribution >= 0.6 is 11.6 Å². The van der Waals surface area contributed by atoms with Gasteiger partial charge >= 0.3 is 0 Å². The zero-order valence-corrected chi connectivity index (χ0v) is 72.3. The number of nitro groups is 1. The van der Waals surface area contributed by atoms with Crippen molar-refractivity contribution in [3.8, 4) is 51.7 Å². The molecular formula is C93H97ClF5N10O18Pd-. The summed E-state index contributed by atoms with van der Waals surface area (Å²) in [6.07, 6.45) is 8.93. The number of nitro benzene ring substituents is 1. The molecule has 128 heavy (non-hydrogen) atoms. The van der Waals surface area contributed by atoms with E-state index in [2.05, 4.69) is 40.3 Å². The van der Waals surface area contributed by atoms with Crippen LogP contribution < -0.4 is 44.8 Å². The minimum atomic E-state index is -1.17. The van der Waals surface area contributed by atoms with Gasteiger partial charge in [0, 0.05) is 191 Å². The molecule has 2 amide bonds. The summed E-state index contributed by atoms with van der Waals surface area (Å²) >= 11 is 5.36. The Hall–Kier alpha value is -11.5. The molecule has 0 bridgehead atoms. The Bertz CT molecular complexity index is 5660. The van der Waals surface area contributed by atoms with Gasteiger partial charge in [-0.2, -0.15) is 0 Å². The van der Waals surface area contributed by atoms with Crippen molar-refractivity contribution < 1.29 is 124 Å². The van der Waals surface area contributed by atoms with E-state index in [0.717, 1.165) is 130 Å². The van der Waals surface area contributed by atoms with Crippen molar-refractivity contribution in [2.45, 2.75) is 71.2 Å². The van der Waals surface area contributed by atoms with E-state index in [1.54, 1.807) is 73.1 Å². The molecule has 16 rings (SSSR count). The van der Waals surface area contributed by atoms with Crippen LogP contribution in [0.25, 0.3) is 32.7 Å². The van der Waals surface area contributed by atoms with Gasteiger partial charge in [0.1, 0.15) is 57.0 Å². The third kappa shape index (κ3) is 25.9. The Labute approximate surface area is 753 Å². The molecule has 28 nitrogen and oxygen atoms in total. The summed E-state index contributed by atoms with van der Waals surface area (Å²) in [6, 6.07) is 37.6. The minimum absolute atomic E-state index is 0. The number of hydrogen-bond acceptors (Lipinski definition) is 25. The summed E-state index contributed by atoms with van der Waals surface area (Å²) in [5.74, 6) is -1.53. The standard InChI is InChI=1S/C35H35F2N3O6.C23H24FN3O6.C23H26FN3O4.C11H9ClFNO2.CH3.Pd/c36-25-4-2-23(3-5-25)18-33(42)35(9-10-35)34(43)39-26-6-7-31(28(37)20-26)46-30-8-11-38-29-21-32(24(22-41)19-27(29)30)45-15-1-12-40-13-16-44-17-14-40;24-19-13-17(27(29)30)2-3-22(19)33-21-4-5-25-20-14-23(16(15-28)12-18(20)21)32-9-1-6-26-7-10-31-11-8-26;24-19-13-17(25)2-3-22(19)31-21-4-5-26-20-14-23(16(15-28)12-18(20)21)30-9-1-6-27-7-10-29-11-8-27;12-9(15)11(5-6-11)10(16)14-8-3-1-7(13)2-4-8;;/h2-8,11,19-21,41H,1,9-10,12-18,22H2,(H,39,43);2-5,12-14,28H,1,6-11,15H2;2-5,12-14,28H,1,6-11,15,25H2;1-4H,5-6H2,(H,14,16);1H3;/q;;;;-1;. The number of carbonyl (C=O) groups is 4. The average Bonchev–Trinajstić information content (AvgIpc) is 1.67. The number of carbonyl (C=O) groups excluding carboxylic acids is 4. The van der Waals surface area contributed by atoms with E-state index in [0.29, 0.717) is 146 Å². The van der Waals surface area contributed by atoms with Crippen LogP contribution in [0.15, 0.2) is 176 Å². The number of nitrogens with two attached hydrogens (primary N) is 1. The molecular weight excluding hydrogens is 1780 g/mol. The Kier molecular flexibility index (Phi) is 35.3. The molecule has 0 spiro atoms. The second-order valence-electron chi connectivity index (χ2n) is 30.4. The van der Waals surface area contributed by atoms with Gasteiger partial charge in [-0.15, -0.1) is 0 Å². The zero-order valence-electron chi connectivity index (χ0n) is 70.0. The Morgan fingerprint density at radius 3 is 1.19 bits per heavy atom. The van der Waals surface area contributed by atoms with Gasteiger partial charge in [-0.1, -0.05) is 12.1 Å². The van der Waals surface area contributed by atoms with Crippen molar-refractivity contribution in [3.63, 3.8) is 0 Å². The number of amides is 2. The van der Waals surface area contributed by atoms with Crippen molar-refractivity contribution in [1.82, 2.24) is 29.7 Å². The number of non-ortho nitro benzene ring substituents is 1. The molecule has 0 radical (unpaired) electrons. The first-order chi connectivity index (χ1) is 61.1. The van der Waals surface area contributed by atoms with Crippen LogP contribution in [0.4, 0.5) is 44.7 Å². The molecule has 5 aliphatic rings. The number of nitrogen functional groups attached to an aromatic ring is 1. The molecule has 0 atom stereocenters. The van der Waals surface area contributed by atoms with E-state index in [-0.39, 0.29) is 94.3 Å². The molecule has 3 aromatic heterocycles. The first-order valence-electron chi connectivity index (χ1n) is 41.1. The molecule has 8 aromatic carbocycles. The Morgan fingerprint density at radius 1 is 0.461 bits per heavy atom. The number of morpholine rings is 3. The van der Waals surface area contributed by atoms with Gasteiger partial charge in [0.05, 0.1) is 107 Å². The fraction of sp³-hybridized carbons (Fsp3) is 0.333. The number of ether oxygens (including phenoxy) is 9. The number of halogens is 6. The van der Waals surface area contributed by atoms with Gasteiger partial charge in [-0.05, 0) is 165 Å². The summed E-state index contributed by atoms with van der Waals surface area (Å²) in [5, 5.41) is 46.9. The number of Topliss-reactive ketones (excluding diaryl/α,β-unsaturated/α-hetero) is 1. The van der Waals surface area contributed by atoms with Crippen molar-refractivity contribution in [2.24, 2.45) is 10.8 Å². The Morgan fingerprint density at radius 2 is 0.820 bits per heavy atom. The van der Waals surface area contributed by atoms with Crippen LogP contribution in [0.5, 0.6) is 51.7 Å². The molecule has 35 heteroatoms. The van der Waals surface area contributed by atoms with Gasteiger partial charge < -0.3 is 81.7 Å². The number of benzene rings is 8. The number of aliphatic hydroxyl groups excluding tert-OH is 3. The number of pyridine rings is 3. The molecule has 3 saturated heterocycles. The van der Waals surface area contributed by atoms with E-state index in [1.165, 1.54) is 91.1 Å². The molecule has 11 aromatic rings. The Balaban J connectivity index is 0.000000173. The number of fused-ring (bicyclic) bond motifs is 3. The number of nitrogens with one attached hydrogen (secondary N) is 2. The number of hydrogen-bond donors (Lipinski definition) is 6. The monoisotopic (exact) mass is 1880 g/mol. The summed E-state index contributed by atoms with van der Waals surface area (Å²) in [6.45, 7) is 13.6. The van der Waals surface area contributed by atoms with Gasteiger partial charge in [0.2, 0.25) is 17.1 Å². The first-order valence-corrected chi connectivity index (χ1v) is 41.5. The van der Waals surface area contributed by atoms with E-state index in [1.807, 2.05) is 0 Å². The third-order valence-corrected chi connectivity index (χ3v) is 22.1. The van der Waals surface area contributed by atoms with E-state index in [4.69, 9.17) is 60.0 Å². The summed E-state index contributed by atoms with van der Waals surface area (Å²) in [7, 11) is 0. The SMILES string of the molecule is Nc1ccc(Oc2ccnc3cc(OCCCN4CCOCC4)c(CO)cc23)c(F)c1.O=C(Cc1ccc(F)cc1)C1(C(=O)Nc2ccc(Oc3ccnc4cc(OCCCN5CCOCC5)c(CO)cc34)c(F)c2)CC1.O=C(Cl)C1(C(=O)Nc2ccc(F)cc2)CC1.O=[N+]([O-])c1ccc(Oc2ccnc3cc(OCCCN4CCOCC4)c(CO)cc23)c(F)c1.[CH3-].[Pd]. The number of aliphatic hydroxyl groups is 3. The van der Waals surface area contributed by atoms with Crippen LogP contribution in [0, 0.1) is 57.5 Å². The molecule has 5 fully saturated rings. The van der Waals surface area contributed by atoms with Crippen LogP contribution in [-0.4, -0.2) is 191 Å². The van der Waals surface area contributed by atoms with Gasteiger partial charge in [0.25, 0.3) is 5.69 Å². The molecule has 2 aliphatic carbocycles. The van der Waals surface area contributed by atoms with Crippen molar-refractivity contribution in [3.05, 3.63) is 245 Å². The van der Waals surface area contributed by atoms with Crippen LogP contribution in [0.1, 0.15) is 67.2 Å². The molecule has 6 heterocycles. The smallest absolute Gasteiger partial charge is 0.272 e. The fourth-order valence-electron chi connectivity index (χ4n) is 14.2. The van der Waals surface area contributed by atoms with E-state index < -0.39 is 56.1 Å². The maximum Gasteiger partial charge on any atom is 0.272 e. The maximum absolute atomic E-state index is 15.2. The molecule has 680 valence electrons. The number of ketones is 1. The quantitative estimate of drug-likeness (QED) is 0.00256. The summed E-state index contributed by atoms with van der Waals surface area (Å²) in [4.78, 5) is 79.1. The largest absolute Gasteiger partial charge is 0.493 e. The van der Waals surface area contributed by atoms with Gasteiger partial charge in [0.15, 0.2) is 40.5 Å². The van der Waals surface area contributed by atoms with Crippen molar-refractivity contribution >= 4 is 89.9 Å². The topological polar surface area (TPSA) is 354 Å². The normalized spacial score (nSPS) is 15.0. The molecule has 2 saturated carbocycles. The summed E-state index contributed by atoms with van der Waals surface area (Å²) in [5.41, 5.74) is 8.06. The minimum Gasteiger partial charge on any atom is -0.493 e. The zero-order chi connectivity index (χ0) is 88.7. The maximum atomic E-state index is 15.2. The van der Waals surface area contributed by atoms with E-state index in [9.17, 15) is 62.2 Å². The van der Waals surface area contributed by atoms with Crippen molar-refractivity contribution in [2.75, 3.05) is 135 Å². The third-order valence-electron chi connectivity index (χ3n) is 21.7. The van der Waals surface area contributed by atoms with Crippen LogP contribution in [-0.2, 0) is 80.1 Å². The van der Waals surface area contributed by atoms with Crippen molar-refractivity contribution in [1.29, 1.82) is 0 Å². The number of aromatic nitrogens is 3. The van der Waals surface area contributed by atoms with Crippen LogP contribution in [0.3, 0.4) is 0 Å². The molecule has 0 unspecified atom stereocenters. The number of anilines is 3. The fourth-order valence-corrected chi connectivity index (χ4v) is 14.5. The molecule has 7 N–H and O–H groups in total. The predicted octanol–water partition coefficient (Wildman–Crippen LogP) is 15.2. The predicted molar refractivity (Wildman–Crippen MR) is 465 cm³/mol. The van der Waals surface area contributed by atoms with Gasteiger partial charge in [-0.3, -0.25) is 58.9 Å². The first kappa shape index (κ1) is 97.1. The number of nitrogens with zero attached hydrogens (tertiary/aromatic N) is 7.